The van der Waals surface area contributed by atoms with Crippen molar-refractivity contribution in [2.75, 3.05) is 22.9 Å². The quantitative estimate of drug-likeness (QED) is 0.383. The standard InChI is InChI=1S/C22H23N7O3S/c1-13-18(27-22(30)24-13)10-15-12-23-29-20(25-16-7-8-16)11-19(26-21(15)29)14-5-4-6-17(9-14)28(2)33(3,31)32/h4-6,9-12,16,25H,1,7-8H2,2-3H3,(H2,24,27,30)/b18-10-. The molecule has 3 heterocycles. The van der Waals surface area contributed by atoms with Gasteiger partial charge in [-0.3, -0.25) is 4.31 Å². The van der Waals surface area contributed by atoms with E-state index in [0.717, 1.165) is 30.5 Å². The van der Waals surface area contributed by atoms with Crippen molar-refractivity contribution in [3.05, 3.63) is 63.3 Å². The van der Waals surface area contributed by atoms with E-state index in [1.54, 1.807) is 35.0 Å². The Kier molecular flexibility index (Phi) is 4.85. The van der Waals surface area contributed by atoms with E-state index in [1.807, 2.05) is 12.1 Å². The van der Waals surface area contributed by atoms with Gasteiger partial charge in [0.1, 0.15) is 5.82 Å². The molecule has 1 saturated carbocycles. The monoisotopic (exact) mass is 465 g/mol. The lowest BCUT2D eigenvalue weighted by Crippen LogP contribution is -2.24. The molecule has 33 heavy (non-hydrogen) atoms. The summed E-state index contributed by atoms with van der Waals surface area (Å²) in [6.07, 6.45) is 6.79. The molecule has 170 valence electrons. The van der Waals surface area contributed by atoms with Crippen LogP contribution in [0.3, 0.4) is 0 Å². The Morgan fingerprint density at radius 2 is 2.06 bits per heavy atom. The van der Waals surface area contributed by atoms with E-state index < -0.39 is 10.0 Å². The molecular weight excluding hydrogens is 442 g/mol. The fraction of sp³-hybridized carbons (Fsp3) is 0.227. The molecule has 0 bridgehead atoms. The number of rotatable bonds is 6. The van der Waals surface area contributed by atoms with Crippen molar-refractivity contribution in [1.29, 1.82) is 0 Å². The number of anilines is 2. The van der Waals surface area contributed by atoms with Crippen LogP contribution < -0.4 is 26.0 Å². The van der Waals surface area contributed by atoms with Gasteiger partial charge in [-0.05, 0) is 31.1 Å². The number of benzene rings is 1. The number of fused-ring (bicyclic) bond motifs is 1. The maximum absolute atomic E-state index is 12.0. The van der Waals surface area contributed by atoms with Gasteiger partial charge in [0, 0.05) is 30.3 Å². The molecular formula is C22H23N7O3S. The van der Waals surface area contributed by atoms with Gasteiger partial charge in [0.05, 0.1) is 34.5 Å². The Balaban J connectivity index is 1.68. The molecule has 0 atom stereocenters. The fourth-order valence-electron chi connectivity index (χ4n) is 3.53. The van der Waals surface area contributed by atoms with Crippen LogP contribution in [-0.2, 0) is 10.0 Å². The van der Waals surface area contributed by atoms with Gasteiger partial charge in [-0.25, -0.2) is 18.2 Å². The van der Waals surface area contributed by atoms with Gasteiger partial charge in [-0.1, -0.05) is 18.7 Å². The molecule has 3 N–H and O–H groups in total. The van der Waals surface area contributed by atoms with Crippen molar-refractivity contribution in [2.24, 2.45) is 0 Å². The highest BCUT2D eigenvalue weighted by molar-refractivity contribution is 7.92. The summed E-state index contributed by atoms with van der Waals surface area (Å²) >= 11 is 0. The summed E-state index contributed by atoms with van der Waals surface area (Å²) in [5, 5.41) is 9.01. The van der Waals surface area contributed by atoms with Crippen LogP contribution in [0.5, 0.6) is 0 Å². The van der Waals surface area contributed by atoms with Gasteiger partial charge in [0.25, 0.3) is 0 Å². The van der Waals surface area contributed by atoms with Gasteiger partial charge in [-0.15, -0.1) is 0 Å². The summed E-state index contributed by atoms with van der Waals surface area (Å²) < 4.78 is 27.0. The van der Waals surface area contributed by atoms with Crippen LogP contribution in [0.4, 0.5) is 11.5 Å². The Hall–Kier alpha value is -3.86. The zero-order valence-electron chi connectivity index (χ0n) is 18.2. The van der Waals surface area contributed by atoms with E-state index >= 15 is 0 Å². The summed E-state index contributed by atoms with van der Waals surface area (Å²) in [4.78, 5) is 21.8. The predicted molar refractivity (Wildman–Crippen MR) is 128 cm³/mol. The van der Waals surface area contributed by atoms with Gasteiger partial charge in [0.2, 0.25) is 10.0 Å². The number of nitrogens with one attached hydrogen (secondary N) is 3. The third-order valence-electron chi connectivity index (χ3n) is 5.57. The smallest absolute Gasteiger partial charge is 0.323 e. The first-order valence-corrected chi connectivity index (χ1v) is 12.2. The van der Waals surface area contributed by atoms with Gasteiger partial charge < -0.3 is 15.3 Å². The lowest BCUT2D eigenvalue weighted by atomic mass is 10.1. The van der Waals surface area contributed by atoms with Crippen molar-refractivity contribution >= 4 is 39.8 Å². The summed E-state index contributed by atoms with van der Waals surface area (Å²) in [6.45, 7) is 3.85. The lowest BCUT2D eigenvalue weighted by molar-refractivity contribution is 0.600. The highest BCUT2D eigenvalue weighted by atomic mass is 32.2. The predicted octanol–water partition coefficient (Wildman–Crippen LogP) is 0.622. The van der Waals surface area contributed by atoms with Crippen LogP contribution in [0.1, 0.15) is 18.4 Å². The highest BCUT2D eigenvalue weighted by Crippen LogP contribution is 2.30. The zero-order chi connectivity index (χ0) is 23.3. The molecule has 0 radical (unpaired) electrons. The largest absolute Gasteiger partial charge is 0.367 e. The van der Waals surface area contributed by atoms with Gasteiger partial charge in [-0.2, -0.15) is 9.61 Å². The SMILES string of the molecule is C=c1[nH]c(=O)[nH]/c1=C\c1cnn2c(NC3CC3)cc(-c3cccc(N(C)S(C)(=O)=O)c3)nc12. The van der Waals surface area contributed by atoms with Gasteiger partial charge >= 0.3 is 5.69 Å². The molecule has 0 saturated heterocycles. The second-order valence-corrected chi connectivity index (χ2v) is 10.2. The molecule has 11 heteroatoms. The van der Waals surface area contributed by atoms with Gasteiger partial charge in [0.15, 0.2) is 5.65 Å². The Morgan fingerprint density at radius 3 is 2.73 bits per heavy atom. The summed E-state index contributed by atoms with van der Waals surface area (Å²) in [6, 6.07) is 9.51. The molecule has 0 aliphatic heterocycles. The molecule has 5 rings (SSSR count). The highest BCUT2D eigenvalue weighted by Gasteiger charge is 2.23. The van der Waals surface area contributed by atoms with E-state index in [0.29, 0.717) is 39.3 Å². The van der Waals surface area contributed by atoms with Crippen molar-refractivity contribution in [3.63, 3.8) is 0 Å². The van der Waals surface area contributed by atoms with Crippen LogP contribution in [0.15, 0.2) is 41.3 Å². The number of H-pyrrole nitrogens is 2. The van der Waals surface area contributed by atoms with Crippen molar-refractivity contribution in [2.45, 2.75) is 18.9 Å². The van der Waals surface area contributed by atoms with E-state index in [1.165, 1.54) is 11.4 Å². The lowest BCUT2D eigenvalue weighted by Gasteiger charge is -2.17. The average molecular weight is 466 g/mol. The molecule has 0 unspecified atom stereocenters. The minimum Gasteiger partial charge on any atom is -0.367 e. The maximum atomic E-state index is 12.0. The summed E-state index contributed by atoms with van der Waals surface area (Å²) in [7, 11) is -1.88. The molecule has 1 fully saturated rings. The van der Waals surface area contributed by atoms with Crippen LogP contribution in [0.2, 0.25) is 0 Å². The third kappa shape index (κ3) is 4.14. The maximum Gasteiger partial charge on any atom is 0.323 e. The molecule has 1 aromatic carbocycles. The number of sulfonamides is 1. The zero-order valence-corrected chi connectivity index (χ0v) is 19.0. The van der Waals surface area contributed by atoms with Crippen molar-refractivity contribution in [1.82, 2.24) is 24.6 Å². The number of hydrogen-bond donors (Lipinski definition) is 3. The first kappa shape index (κ1) is 21.0. The van der Waals surface area contributed by atoms with E-state index in [9.17, 15) is 13.2 Å². The van der Waals surface area contributed by atoms with E-state index in [-0.39, 0.29) is 5.69 Å². The van der Waals surface area contributed by atoms with E-state index in [4.69, 9.17) is 4.98 Å². The van der Waals surface area contributed by atoms with Crippen molar-refractivity contribution < 1.29 is 8.42 Å². The number of imidazole rings is 1. The van der Waals surface area contributed by atoms with Crippen LogP contribution in [0, 0.1) is 0 Å². The minimum atomic E-state index is -3.40. The topological polar surface area (TPSA) is 128 Å². The van der Waals surface area contributed by atoms with Crippen molar-refractivity contribution in [3.8, 4) is 11.3 Å². The molecule has 1 aliphatic carbocycles. The Bertz CT molecular complexity index is 1650. The fourth-order valence-corrected chi connectivity index (χ4v) is 4.03. The average Bonchev–Trinajstić information content (AvgIpc) is 3.40. The van der Waals surface area contributed by atoms with Crippen LogP contribution >= 0.6 is 0 Å². The number of hydrogen-bond acceptors (Lipinski definition) is 6. The Labute approximate surface area is 189 Å². The normalized spacial score (nSPS) is 14.7. The first-order valence-electron chi connectivity index (χ1n) is 10.4. The first-order chi connectivity index (χ1) is 15.7. The Morgan fingerprint density at radius 1 is 1.27 bits per heavy atom. The second-order valence-electron chi connectivity index (χ2n) is 8.18. The van der Waals surface area contributed by atoms with Crippen LogP contribution in [-0.4, -0.2) is 52.3 Å². The number of nitrogens with zero attached hydrogens (tertiary/aromatic N) is 4. The molecule has 10 nitrogen and oxygen atoms in total. The molecule has 0 amide bonds. The third-order valence-corrected chi connectivity index (χ3v) is 6.77. The van der Waals surface area contributed by atoms with Crippen LogP contribution in [0.25, 0.3) is 29.6 Å². The molecule has 0 spiro atoms. The molecule has 1 aliphatic rings. The summed E-state index contributed by atoms with van der Waals surface area (Å²) in [5.41, 5.74) is 2.95. The molecule has 3 aromatic heterocycles. The number of aromatic nitrogens is 5. The minimum absolute atomic E-state index is 0.334. The van der Waals surface area contributed by atoms with E-state index in [2.05, 4.69) is 27.0 Å². The summed E-state index contributed by atoms with van der Waals surface area (Å²) in [5.74, 6) is 0.788. The molecule has 4 aromatic rings. The second kappa shape index (κ2) is 7.62. The number of aromatic amines is 2.